The van der Waals surface area contributed by atoms with Gasteiger partial charge in [-0.1, -0.05) is 0 Å². The standard InChI is InChI=1S/C8H17N7/c1-3-11-7-13-6(10-2)14-8(15-7)12-5-4-9/h3-5,9H2,1-2H3,(H3,10,11,12,13,14,15). The fraction of sp³-hybridized carbons (Fsp3) is 0.625. The molecule has 0 spiro atoms. The van der Waals surface area contributed by atoms with Crippen LogP contribution in [0.1, 0.15) is 6.92 Å². The van der Waals surface area contributed by atoms with Gasteiger partial charge in [-0.15, -0.1) is 0 Å². The Labute approximate surface area is 88.9 Å². The van der Waals surface area contributed by atoms with E-state index in [1.165, 1.54) is 0 Å². The summed E-state index contributed by atoms with van der Waals surface area (Å²) in [4.78, 5) is 12.4. The van der Waals surface area contributed by atoms with Crippen LogP contribution in [-0.4, -0.2) is 41.6 Å². The number of nitrogens with zero attached hydrogens (tertiary/aromatic N) is 3. The van der Waals surface area contributed by atoms with E-state index in [1.54, 1.807) is 7.05 Å². The summed E-state index contributed by atoms with van der Waals surface area (Å²) < 4.78 is 0. The second kappa shape index (κ2) is 5.97. The van der Waals surface area contributed by atoms with E-state index in [0.29, 0.717) is 30.9 Å². The average molecular weight is 211 g/mol. The van der Waals surface area contributed by atoms with Gasteiger partial charge in [-0.2, -0.15) is 15.0 Å². The van der Waals surface area contributed by atoms with Crippen molar-refractivity contribution in [2.75, 3.05) is 42.6 Å². The summed E-state index contributed by atoms with van der Waals surface area (Å²) in [6, 6.07) is 0. The van der Waals surface area contributed by atoms with Gasteiger partial charge >= 0.3 is 0 Å². The van der Waals surface area contributed by atoms with Crippen LogP contribution < -0.4 is 21.7 Å². The van der Waals surface area contributed by atoms with Gasteiger partial charge in [0.05, 0.1) is 0 Å². The van der Waals surface area contributed by atoms with Gasteiger partial charge in [-0.25, -0.2) is 0 Å². The zero-order valence-electron chi connectivity index (χ0n) is 9.04. The van der Waals surface area contributed by atoms with Gasteiger partial charge < -0.3 is 21.7 Å². The Morgan fingerprint density at radius 1 is 1.07 bits per heavy atom. The number of nitrogens with two attached hydrogens (primary N) is 1. The van der Waals surface area contributed by atoms with Crippen molar-refractivity contribution in [1.82, 2.24) is 15.0 Å². The fourth-order valence-corrected chi connectivity index (χ4v) is 0.988. The highest BCUT2D eigenvalue weighted by molar-refractivity contribution is 5.41. The highest BCUT2D eigenvalue weighted by Crippen LogP contribution is 2.07. The van der Waals surface area contributed by atoms with Crippen molar-refractivity contribution in [3.8, 4) is 0 Å². The van der Waals surface area contributed by atoms with Crippen LogP contribution in [0.5, 0.6) is 0 Å². The molecule has 5 N–H and O–H groups in total. The second-order valence-electron chi connectivity index (χ2n) is 2.80. The molecule has 7 heteroatoms. The molecule has 7 nitrogen and oxygen atoms in total. The average Bonchev–Trinajstić information content (AvgIpc) is 2.26. The van der Waals surface area contributed by atoms with E-state index in [2.05, 4.69) is 30.9 Å². The second-order valence-corrected chi connectivity index (χ2v) is 2.80. The smallest absolute Gasteiger partial charge is 0.229 e. The van der Waals surface area contributed by atoms with Crippen LogP contribution >= 0.6 is 0 Å². The summed E-state index contributed by atoms with van der Waals surface area (Å²) in [6.45, 7) is 3.93. The van der Waals surface area contributed by atoms with Crippen LogP contribution in [0.2, 0.25) is 0 Å². The minimum Gasteiger partial charge on any atom is -0.357 e. The Balaban J connectivity index is 2.79. The van der Waals surface area contributed by atoms with Crippen molar-refractivity contribution in [2.45, 2.75) is 6.92 Å². The summed E-state index contributed by atoms with van der Waals surface area (Å²) in [5, 5.41) is 8.90. The van der Waals surface area contributed by atoms with Crippen LogP contribution in [0.4, 0.5) is 17.8 Å². The zero-order chi connectivity index (χ0) is 11.1. The van der Waals surface area contributed by atoms with E-state index in [1.807, 2.05) is 6.92 Å². The Bertz CT molecular complexity index is 301. The minimum absolute atomic E-state index is 0.524. The molecule has 1 heterocycles. The summed E-state index contributed by atoms with van der Waals surface area (Å²) in [5.41, 5.74) is 5.38. The Morgan fingerprint density at radius 3 is 2.20 bits per heavy atom. The predicted molar refractivity (Wildman–Crippen MR) is 61.1 cm³/mol. The number of hydrogen-bond donors (Lipinski definition) is 4. The lowest BCUT2D eigenvalue weighted by Gasteiger charge is -2.07. The highest BCUT2D eigenvalue weighted by atomic mass is 15.3. The summed E-state index contributed by atoms with van der Waals surface area (Å²) in [5.74, 6) is 1.60. The van der Waals surface area contributed by atoms with Crippen LogP contribution in [0, 0.1) is 0 Å². The zero-order valence-corrected chi connectivity index (χ0v) is 9.04. The quantitative estimate of drug-likeness (QED) is 0.513. The minimum atomic E-state index is 0.524. The van der Waals surface area contributed by atoms with E-state index >= 15 is 0 Å². The molecular weight excluding hydrogens is 194 g/mol. The number of aromatic nitrogens is 3. The molecule has 0 atom stereocenters. The Kier molecular flexibility index (Phi) is 4.55. The molecular formula is C8H17N7. The molecule has 0 aliphatic rings. The third kappa shape index (κ3) is 3.55. The molecule has 1 aromatic heterocycles. The fourth-order valence-electron chi connectivity index (χ4n) is 0.988. The van der Waals surface area contributed by atoms with Gasteiger partial charge in [-0.3, -0.25) is 0 Å². The van der Waals surface area contributed by atoms with E-state index in [-0.39, 0.29) is 0 Å². The van der Waals surface area contributed by atoms with E-state index < -0.39 is 0 Å². The predicted octanol–water partition coefficient (Wildman–Crippen LogP) is -0.284. The van der Waals surface area contributed by atoms with Crippen molar-refractivity contribution in [2.24, 2.45) is 5.73 Å². The lowest BCUT2D eigenvalue weighted by Crippen LogP contribution is -2.16. The first-order valence-corrected chi connectivity index (χ1v) is 4.91. The number of rotatable bonds is 6. The maximum Gasteiger partial charge on any atom is 0.229 e. The molecule has 0 aliphatic carbocycles. The number of nitrogens with one attached hydrogen (secondary N) is 3. The first-order chi connectivity index (χ1) is 7.30. The molecule has 0 saturated heterocycles. The van der Waals surface area contributed by atoms with Crippen molar-refractivity contribution < 1.29 is 0 Å². The third-order valence-electron chi connectivity index (χ3n) is 1.62. The van der Waals surface area contributed by atoms with Gasteiger partial charge in [0, 0.05) is 26.7 Å². The highest BCUT2D eigenvalue weighted by Gasteiger charge is 2.03. The van der Waals surface area contributed by atoms with E-state index in [0.717, 1.165) is 6.54 Å². The van der Waals surface area contributed by atoms with Crippen molar-refractivity contribution in [3.05, 3.63) is 0 Å². The third-order valence-corrected chi connectivity index (χ3v) is 1.62. The van der Waals surface area contributed by atoms with Crippen LogP contribution in [0.3, 0.4) is 0 Å². The first-order valence-electron chi connectivity index (χ1n) is 4.91. The number of hydrogen-bond acceptors (Lipinski definition) is 7. The Hall–Kier alpha value is -1.63. The Morgan fingerprint density at radius 2 is 1.67 bits per heavy atom. The van der Waals surface area contributed by atoms with E-state index in [4.69, 9.17) is 5.73 Å². The molecule has 15 heavy (non-hydrogen) atoms. The van der Waals surface area contributed by atoms with Crippen molar-refractivity contribution in [1.29, 1.82) is 0 Å². The molecule has 1 rings (SSSR count). The molecule has 0 bridgehead atoms. The van der Waals surface area contributed by atoms with Gasteiger partial charge in [0.15, 0.2) is 0 Å². The SMILES string of the molecule is CCNc1nc(NC)nc(NCCN)n1. The molecule has 1 aromatic rings. The lowest BCUT2D eigenvalue weighted by molar-refractivity contribution is 0.962. The summed E-state index contributed by atoms with van der Waals surface area (Å²) >= 11 is 0. The van der Waals surface area contributed by atoms with Crippen LogP contribution in [-0.2, 0) is 0 Å². The van der Waals surface area contributed by atoms with Crippen LogP contribution in [0.25, 0.3) is 0 Å². The maximum absolute atomic E-state index is 5.38. The monoisotopic (exact) mass is 211 g/mol. The van der Waals surface area contributed by atoms with Gasteiger partial charge in [-0.05, 0) is 6.92 Å². The van der Waals surface area contributed by atoms with E-state index in [9.17, 15) is 0 Å². The van der Waals surface area contributed by atoms with Gasteiger partial charge in [0.25, 0.3) is 0 Å². The molecule has 0 amide bonds. The normalized spacial score (nSPS) is 9.80. The van der Waals surface area contributed by atoms with Gasteiger partial charge in [0.1, 0.15) is 0 Å². The molecule has 0 aromatic carbocycles. The number of anilines is 3. The summed E-state index contributed by atoms with van der Waals surface area (Å²) in [7, 11) is 1.76. The van der Waals surface area contributed by atoms with Crippen molar-refractivity contribution in [3.63, 3.8) is 0 Å². The molecule has 84 valence electrons. The molecule has 0 saturated carbocycles. The van der Waals surface area contributed by atoms with Crippen LogP contribution in [0.15, 0.2) is 0 Å². The molecule has 0 unspecified atom stereocenters. The molecule has 0 aliphatic heterocycles. The van der Waals surface area contributed by atoms with Gasteiger partial charge in [0.2, 0.25) is 17.8 Å². The maximum atomic E-state index is 5.38. The molecule has 0 fully saturated rings. The van der Waals surface area contributed by atoms with Crippen molar-refractivity contribution >= 4 is 17.8 Å². The molecule has 0 radical (unpaired) electrons. The topological polar surface area (TPSA) is 101 Å². The summed E-state index contributed by atoms with van der Waals surface area (Å²) in [6.07, 6.45) is 0. The largest absolute Gasteiger partial charge is 0.357 e. The first kappa shape index (κ1) is 11.4. The lowest BCUT2D eigenvalue weighted by atomic mass is 10.6.